The maximum absolute atomic E-state index is 6.27. The first-order valence-corrected chi connectivity index (χ1v) is 6.19. The molecule has 0 aliphatic heterocycles. The van der Waals surface area contributed by atoms with Crippen molar-refractivity contribution in [3.63, 3.8) is 0 Å². The van der Waals surface area contributed by atoms with Crippen LogP contribution in [0.2, 0.25) is 5.02 Å². The highest BCUT2D eigenvalue weighted by atomic mass is 35.5. The maximum Gasteiger partial charge on any atom is 0.0811 e. The number of halogens is 1. The molecule has 2 nitrogen and oxygen atoms in total. The molecular weight excluding hydrogens is 234 g/mol. The average molecular weight is 256 g/mol. The van der Waals surface area contributed by atoms with Crippen LogP contribution in [0.1, 0.15) is 37.9 Å². The number of benzene rings is 1. The monoisotopic (exact) mass is 255 g/mol. The molecule has 0 saturated carbocycles. The summed E-state index contributed by atoms with van der Waals surface area (Å²) in [6.07, 6.45) is -0.0405. The molecule has 0 aromatic heterocycles. The van der Waals surface area contributed by atoms with Gasteiger partial charge in [-0.2, -0.15) is 0 Å². The molecule has 0 spiro atoms. The quantitative estimate of drug-likeness (QED) is 0.894. The van der Waals surface area contributed by atoms with Crippen LogP contribution in [-0.4, -0.2) is 13.2 Å². The first kappa shape index (κ1) is 14.5. The van der Waals surface area contributed by atoms with Gasteiger partial charge in [0, 0.05) is 12.1 Å². The van der Waals surface area contributed by atoms with Crippen LogP contribution < -0.4 is 5.73 Å². The average Bonchev–Trinajstić information content (AvgIpc) is 2.20. The number of ether oxygens (including phenoxy) is 1. The molecule has 0 saturated heterocycles. The minimum absolute atomic E-state index is 0.00840. The van der Waals surface area contributed by atoms with E-state index in [1.54, 1.807) is 7.11 Å². The number of methoxy groups -OCH3 is 1. The van der Waals surface area contributed by atoms with Gasteiger partial charge in [0.05, 0.1) is 12.1 Å². The molecule has 2 unspecified atom stereocenters. The Hall–Kier alpha value is -0.570. The molecule has 3 heteroatoms. The number of hydrogen-bond donors (Lipinski definition) is 1. The summed E-state index contributed by atoms with van der Waals surface area (Å²) in [4.78, 5) is 0. The van der Waals surface area contributed by atoms with Crippen LogP contribution in [0.4, 0.5) is 0 Å². The van der Waals surface area contributed by atoms with Crippen molar-refractivity contribution in [2.24, 2.45) is 11.1 Å². The Labute approximate surface area is 109 Å². The zero-order valence-electron chi connectivity index (χ0n) is 11.3. The smallest absolute Gasteiger partial charge is 0.0811 e. The van der Waals surface area contributed by atoms with Crippen LogP contribution in [0.3, 0.4) is 0 Å². The zero-order chi connectivity index (χ0) is 13.2. The summed E-state index contributed by atoms with van der Waals surface area (Å²) >= 11 is 6.12. The summed E-state index contributed by atoms with van der Waals surface area (Å²) in [5, 5.41) is 0.752. The zero-order valence-corrected chi connectivity index (χ0v) is 12.0. The molecular formula is C14H22ClNO. The molecule has 2 N–H and O–H groups in total. The van der Waals surface area contributed by atoms with E-state index in [-0.39, 0.29) is 17.6 Å². The predicted octanol–water partition coefficient (Wildman–Crippen LogP) is 3.71. The summed E-state index contributed by atoms with van der Waals surface area (Å²) < 4.78 is 5.53. The molecule has 0 radical (unpaired) electrons. The van der Waals surface area contributed by atoms with E-state index in [0.29, 0.717) is 0 Å². The molecule has 2 atom stereocenters. The second-order valence-electron chi connectivity index (χ2n) is 5.56. The van der Waals surface area contributed by atoms with E-state index in [9.17, 15) is 0 Å². The number of aryl methyl sites for hydroxylation is 1. The molecule has 17 heavy (non-hydrogen) atoms. The molecule has 1 aromatic rings. The highest BCUT2D eigenvalue weighted by Crippen LogP contribution is 2.32. The summed E-state index contributed by atoms with van der Waals surface area (Å²) in [5.41, 5.74) is 8.34. The van der Waals surface area contributed by atoms with Gasteiger partial charge in [0.25, 0.3) is 0 Å². The molecule has 0 aliphatic rings. The third kappa shape index (κ3) is 3.44. The van der Waals surface area contributed by atoms with Crippen molar-refractivity contribution < 1.29 is 4.74 Å². The van der Waals surface area contributed by atoms with E-state index in [0.717, 1.165) is 16.1 Å². The van der Waals surface area contributed by atoms with Crippen molar-refractivity contribution in [3.05, 3.63) is 34.3 Å². The van der Waals surface area contributed by atoms with Gasteiger partial charge < -0.3 is 10.5 Å². The van der Waals surface area contributed by atoms with Crippen LogP contribution >= 0.6 is 11.6 Å². The first-order valence-electron chi connectivity index (χ1n) is 5.81. The van der Waals surface area contributed by atoms with Gasteiger partial charge in [0.1, 0.15) is 0 Å². The predicted molar refractivity (Wildman–Crippen MR) is 73.4 cm³/mol. The second kappa shape index (κ2) is 5.38. The Bertz CT molecular complexity index is 384. The molecule has 96 valence electrons. The van der Waals surface area contributed by atoms with Crippen LogP contribution in [-0.2, 0) is 4.74 Å². The number of nitrogens with two attached hydrogens (primary N) is 1. The standard InChI is InChI=1S/C14H22ClNO/c1-9-6-7-10(8-11(9)15)12(16)13(17-5)14(2,3)4/h6-8,12-13H,16H2,1-5H3. The summed E-state index contributed by atoms with van der Waals surface area (Å²) in [7, 11) is 1.70. The second-order valence-corrected chi connectivity index (χ2v) is 5.96. The minimum Gasteiger partial charge on any atom is -0.379 e. The molecule has 1 rings (SSSR count). The lowest BCUT2D eigenvalue weighted by Crippen LogP contribution is -2.38. The third-order valence-corrected chi connectivity index (χ3v) is 3.42. The fourth-order valence-corrected chi connectivity index (χ4v) is 2.22. The van der Waals surface area contributed by atoms with E-state index in [4.69, 9.17) is 22.1 Å². The lowest BCUT2D eigenvalue weighted by molar-refractivity contribution is -0.00243. The van der Waals surface area contributed by atoms with Gasteiger partial charge in [0.2, 0.25) is 0 Å². The van der Waals surface area contributed by atoms with Crippen molar-refractivity contribution in [1.29, 1.82) is 0 Å². The first-order chi connectivity index (χ1) is 7.77. The molecule has 1 aromatic carbocycles. The van der Waals surface area contributed by atoms with Crippen LogP contribution in [0.5, 0.6) is 0 Å². The minimum atomic E-state index is -0.168. The molecule has 0 aliphatic carbocycles. The van der Waals surface area contributed by atoms with Gasteiger partial charge in [-0.1, -0.05) is 44.5 Å². The van der Waals surface area contributed by atoms with Crippen molar-refractivity contribution in [1.82, 2.24) is 0 Å². The molecule has 0 fully saturated rings. The Morgan fingerprint density at radius 2 is 1.88 bits per heavy atom. The Morgan fingerprint density at radius 3 is 2.29 bits per heavy atom. The highest BCUT2D eigenvalue weighted by molar-refractivity contribution is 6.31. The van der Waals surface area contributed by atoms with Crippen molar-refractivity contribution >= 4 is 11.6 Å². The lowest BCUT2D eigenvalue weighted by Gasteiger charge is -2.34. The maximum atomic E-state index is 6.27. The van der Waals surface area contributed by atoms with E-state index < -0.39 is 0 Å². The number of rotatable bonds is 3. The highest BCUT2D eigenvalue weighted by Gasteiger charge is 2.31. The van der Waals surface area contributed by atoms with Crippen LogP contribution in [0.15, 0.2) is 18.2 Å². The summed E-state index contributed by atoms with van der Waals surface area (Å²) in [6, 6.07) is 5.77. The van der Waals surface area contributed by atoms with Gasteiger partial charge in [-0.05, 0) is 29.5 Å². The third-order valence-electron chi connectivity index (χ3n) is 3.01. The fourth-order valence-electron chi connectivity index (χ4n) is 2.03. The largest absolute Gasteiger partial charge is 0.379 e. The van der Waals surface area contributed by atoms with Gasteiger partial charge in [0.15, 0.2) is 0 Å². The van der Waals surface area contributed by atoms with Gasteiger partial charge in [-0.25, -0.2) is 0 Å². The van der Waals surface area contributed by atoms with Gasteiger partial charge in [-0.3, -0.25) is 0 Å². The molecule has 0 heterocycles. The van der Waals surface area contributed by atoms with Crippen molar-refractivity contribution in [3.8, 4) is 0 Å². The normalized spacial score (nSPS) is 15.7. The van der Waals surface area contributed by atoms with Gasteiger partial charge >= 0.3 is 0 Å². The number of hydrogen-bond acceptors (Lipinski definition) is 2. The van der Waals surface area contributed by atoms with Crippen molar-refractivity contribution in [2.75, 3.05) is 7.11 Å². The topological polar surface area (TPSA) is 35.2 Å². The van der Waals surface area contributed by atoms with E-state index >= 15 is 0 Å². The summed E-state index contributed by atoms with van der Waals surface area (Å²) in [6.45, 7) is 8.35. The lowest BCUT2D eigenvalue weighted by atomic mass is 9.82. The molecule has 0 amide bonds. The fraction of sp³-hybridized carbons (Fsp3) is 0.571. The molecule has 0 bridgehead atoms. The Morgan fingerprint density at radius 1 is 1.29 bits per heavy atom. The van der Waals surface area contributed by atoms with E-state index in [1.807, 2.05) is 25.1 Å². The van der Waals surface area contributed by atoms with Crippen LogP contribution in [0.25, 0.3) is 0 Å². The summed E-state index contributed by atoms with van der Waals surface area (Å²) in [5.74, 6) is 0. The Kier molecular flexibility index (Phi) is 4.59. The van der Waals surface area contributed by atoms with Crippen molar-refractivity contribution in [2.45, 2.75) is 39.8 Å². The van der Waals surface area contributed by atoms with Crippen LogP contribution in [0, 0.1) is 12.3 Å². The van der Waals surface area contributed by atoms with Gasteiger partial charge in [-0.15, -0.1) is 0 Å². The van der Waals surface area contributed by atoms with E-state index in [1.165, 1.54) is 0 Å². The Balaban J connectivity index is 3.02. The van der Waals surface area contributed by atoms with E-state index in [2.05, 4.69) is 20.8 Å². The SMILES string of the molecule is COC(C(N)c1ccc(C)c(Cl)c1)C(C)(C)C.